The summed E-state index contributed by atoms with van der Waals surface area (Å²) in [6.45, 7) is 9.52. The van der Waals surface area contributed by atoms with Crippen molar-refractivity contribution in [2.75, 3.05) is 13.1 Å². The van der Waals surface area contributed by atoms with E-state index in [1.807, 2.05) is 5.38 Å². The van der Waals surface area contributed by atoms with Crippen molar-refractivity contribution in [2.24, 2.45) is 34.5 Å². The Labute approximate surface area is 311 Å². The molecule has 51 heavy (non-hydrogen) atoms. The van der Waals surface area contributed by atoms with Gasteiger partial charge in [0.05, 0.1) is 11.7 Å². The quantitative estimate of drug-likeness (QED) is 0.208. The third-order valence-corrected chi connectivity index (χ3v) is 18.1. The first-order valence-corrected chi connectivity index (χ1v) is 22.3. The first-order chi connectivity index (χ1) is 24.2. The maximum atomic E-state index is 14.6. The van der Waals surface area contributed by atoms with Crippen molar-refractivity contribution in [1.82, 2.24) is 4.31 Å². The number of allylic oxidation sites excluding steroid dienone is 2. The molecule has 0 saturated heterocycles. The smallest absolute Gasteiger partial charge is 0.252 e. The first kappa shape index (κ1) is 37.5. The molecule has 5 saturated carbocycles. The van der Waals surface area contributed by atoms with Gasteiger partial charge in [-0.2, -0.15) is 4.31 Å². The largest absolute Gasteiger partial charge is 0.393 e. The Hall–Kier alpha value is -1.84. The molecular weight excluding hydrogens is 675 g/mol. The Morgan fingerprint density at radius 2 is 1.78 bits per heavy atom. The van der Waals surface area contributed by atoms with Gasteiger partial charge in [-0.3, -0.25) is 4.79 Å². The van der Waals surface area contributed by atoms with E-state index in [0.717, 1.165) is 74.0 Å². The summed E-state index contributed by atoms with van der Waals surface area (Å²) in [7, 11) is -3.84. The number of aliphatic hydroxyl groups is 2. The third-order valence-electron chi connectivity index (χ3n) is 14.9. The highest BCUT2D eigenvalue weighted by Gasteiger charge is 2.59. The molecule has 9 rings (SSSR count). The maximum Gasteiger partial charge on any atom is 0.252 e. The summed E-state index contributed by atoms with van der Waals surface area (Å²) < 4.78 is 31.1. The molecule has 4 bridgehead atoms. The Morgan fingerprint density at radius 3 is 2.49 bits per heavy atom. The average Bonchev–Trinajstić information content (AvgIpc) is 3.75. The number of carbonyl (C=O) groups is 1. The molecule has 0 aliphatic heterocycles. The lowest BCUT2D eigenvalue weighted by Crippen LogP contribution is -2.58. The second-order valence-electron chi connectivity index (χ2n) is 18.1. The zero-order chi connectivity index (χ0) is 36.2. The molecule has 7 aliphatic rings. The maximum absolute atomic E-state index is 14.6. The summed E-state index contributed by atoms with van der Waals surface area (Å²) in [6.07, 6.45) is 14.8. The number of ketones is 1. The van der Waals surface area contributed by atoms with E-state index < -0.39 is 27.1 Å². The minimum Gasteiger partial charge on any atom is -0.393 e. The van der Waals surface area contributed by atoms with Crippen molar-refractivity contribution in [1.29, 1.82) is 0 Å². The Balaban J connectivity index is 1.28. The minimum absolute atomic E-state index is 0.00552. The fourth-order valence-corrected chi connectivity index (χ4v) is 14.0. The van der Waals surface area contributed by atoms with Crippen LogP contribution < -0.4 is 0 Å². The van der Waals surface area contributed by atoms with E-state index in [4.69, 9.17) is 0 Å². The van der Waals surface area contributed by atoms with Crippen LogP contribution in [0.2, 0.25) is 0 Å². The standard InChI is InChI=1S/C43H61NO5S2/c1-29-10-8-21-42(4)37(35-19-15-30(24-34(45)18-14-29)25-36(35)40(46)31-11-6-5-7-12-31)20-22-43(42,47)28-44(51(48,49)39-13-9-23-50-39)27-32-16-17-33-26-38(32)41(33,2)3/h9-10,13,15,19,23,25,31-34,37-38,45,47H,5-8,11-12,14,16-18,20-22,24,26-28H2,1-4H3/t32-,33-,34-,37-,38-,42-,43+/m0/s1. The number of fused-ring (bicyclic) bond motifs is 10. The number of benzene rings is 1. The molecule has 0 unspecified atom stereocenters. The van der Waals surface area contributed by atoms with Gasteiger partial charge in [0.1, 0.15) is 4.21 Å². The first-order valence-electron chi connectivity index (χ1n) is 20.0. The van der Waals surface area contributed by atoms with E-state index in [-0.39, 0.29) is 35.5 Å². The number of carbonyl (C=O) groups excluding carboxylic acids is 1. The predicted molar refractivity (Wildman–Crippen MR) is 205 cm³/mol. The van der Waals surface area contributed by atoms with Gasteiger partial charge in [0.25, 0.3) is 10.0 Å². The zero-order valence-corrected chi connectivity index (χ0v) is 33.0. The Kier molecular flexibility index (Phi) is 10.6. The van der Waals surface area contributed by atoms with Gasteiger partial charge >= 0.3 is 0 Å². The van der Waals surface area contributed by atoms with Gasteiger partial charge in [-0.1, -0.05) is 69.9 Å². The molecule has 5 fully saturated rings. The van der Waals surface area contributed by atoms with E-state index in [2.05, 4.69) is 52.0 Å². The highest BCUT2D eigenvalue weighted by Crippen LogP contribution is 2.62. The summed E-state index contributed by atoms with van der Waals surface area (Å²) in [5.74, 6) is 1.60. The van der Waals surface area contributed by atoms with Crippen LogP contribution in [0.4, 0.5) is 0 Å². The van der Waals surface area contributed by atoms with Gasteiger partial charge in [0.2, 0.25) is 0 Å². The average molecular weight is 736 g/mol. The molecule has 2 N–H and O–H groups in total. The van der Waals surface area contributed by atoms with E-state index >= 15 is 0 Å². The Morgan fingerprint density at radius 1 is 1.00 bits per heavy atom. The topological polar surface area (TPSA) is 94.9 Å². The second-order valence-corrected chi connectivity index (χ2v) is 21.2. The molecule has 0 radical (unpaired) electrons. The monoisotopic (exact) mass is 735 g/mol. The molecule has 0 spiro atoms. The van der Waals surface area contributed by atoms with E-state index in [9.17, 15) is 23.4 Å². The van der Waals surface area contributed by atoms with Crippen LogP contribution >= 0.6 is 11.3 Å². The summed E-state index contributed by atoms with van der Waals surface area (Å²) in [5, 5.41) is 26.0. The van der Waals surface area contributed by atoms with Crippen molar-refractivity contribution in [3.63, 3.8) is 0 Å². The molecular formula is C43H61NO5S2. The predicted octanol–water partition coefficient (Wildman–Crippen LogP) is 9.31. The number of aliphatic hydroxyl groups excluding tert-OH is 1. The van der Waals surface area contributed by atoms with Gasteiger partial charge in [-0.15, -0.1) is 11.3 Å². The lowest BCUT2D eigenvalue weighted by atomic mass is 9.45. The lowest BCUT2D eigenvalue weighted by molar-refractivity contribution is -0.114. The van der Waals surface area contributed by atoms with Crippen LogP contribution in [0, 0.1) is 34.5 Å². The summed E-state index contributed by atoms with van der Waals surface area (Å²) in [6, 6.07) is 9.78. The van der Waals surface area contributed by atoms with Gasteiger partial charge < -0.3 is 10.2 Å². The van der Waals surface area contributed by atoms with Gasteiger partial charge in [-0.05, 0) is 142 Å². The number of hydrogen-bond donors (Lipinski definition) is 2. The van der Waals surface area contributed by atoms with Crippen molar-refractivity contribution >= 4 is 27.1 Å². The molecule has 1 aromatic carbocycles. The molecule has 8 heteroatoms. The van der Waals surface area contributed by atoms with Crippen LogP contribution in [0.1, 0.15) is 145 Å². The van der Waals surface area contributed by atoms with Gasteiger partial charge in [0, 0.05) is 30.0 Å². The van der Waals surface area contributed by atoms with Crippen LogP contribution in [0.3, 0.4) is 0 Å². The van der Waals surface area contributed by atoms with Crippen LogP contribution in [0.15, 0.2) is 51.6 Å². The third kappa shape index (κ3) is 6.99. The number of rotatable bonds is 8. The van der Waals surface area contributed by atoms with E-state index in [1.165, 1.54) is 29.8 Å². The van der Waals surface area contributed by atoms with Gasteiger partial charge in [-0.25, -0.2) is 8.42 Å². The SMILES string of the molecule is CC1=CCC[C@@]2(C)[C@@H](CC[C@@]2(O)CN(C[C@@H]2CC[C@H]3C[C@@H]2C3(C)C)S(=O)(=O)c2cccs2)c2ccc(cc2C(=O)C2CCCCC2)C[C@@H](O)CC1. The molecule has 7 atom stereocenters. The fourth-order valence-electron chi connectivity index (χ4n) is 11.3. The highest BCUT2D eigenvalue weighted by atomic mass is 32.2. The number of Topliss-reactive ketones (excluding diaryl/α,β-unsaturated/α-hetero) is 1. The fraction of sp³-hybridized carbons (Fsp3) is 0.698. The molecule has 0 amide bonds. The van der Waals surface area contributed by atoms with Crippen LogP contribution in [-0.2, 0) is 16.4 Å². The number of nitrogens with zero attached hydrogens (tertiary/aromatic N) is 1. The molecule has 1 aromatic heterocycles. The minimum atomic E-state index is -3.84. The normalized spacial score (nSPS) is 34.4. The summed E-state index contributed by atoms with van der Waals surface area (Å²) >= 11 is 1.26. The molecule has 280 valence electrons. The van der Waals surface area contributed by atoms with Crippen molar-refractivity contribution in [2.45, 2.75) is 146 Å². The highest BCUT2D eigenvalue weighted by molar-refractivity contribution is 7.91. The molecule has 1 heterocycles. The molecule has 7 aliphatic carbocycles. The van der Waals surface area contributed by atoms with E-state index in [1.54, 1.807) is 16.4 Å². The Bertz CT molecular complexity index is 1710. The molecule has 2 aromatic rings. The molecule has 6 nitrogen and oxygen atoms in total. The van der Waals surface area contributed by atoms with Crippen LogP contribution in [0.25, 0.3) is 0 Å². The summed E-state index contributed by atoms with van der Waals surface area (Å²) in [4.78, 5) is 14.5. The van der Waals surface area contributed by atoms with Crippen LogP contribution in [0.5, 0.6) is 0 Å². The van der Waals surface area contributed by atoms with Crippen molar-refractivity contribution in [3.05, 3.63) is 64.1 Å². The zero-order valence-electron chi connectivity index (χ0n) is 31.4. The van der Waals surface area contributed by atoms with Crippen molar-refractivity contribution in [3.8, 4) is 0 Å². The van der Waals surface area contributed by atoms with E-state index in [0.29, 0.717) is 48.8 Å². The number of hydrogen-bond acceptors (Lipinski definition) is 6. The number of sulfonamides is 1. The van der Waals surface area contributed by atoms with Gasteiger partial charge in [0.15, 0.2) is 5.78 Å². The number of thiophene rings is 1. The second kappa shape index (κ2) is 14.4. The summed E-state index contributed by atoms with van der Waals surface area (Å²) in [5.41, 5.74) is 2.25. The van der Waals surface area contributed by atoms with Crippen molar-refractivity contribution < 1.29 is 23.4 Å². The van der Waals surface area contributed by atoms with Crippen LogP contribution in [-0.4, -0.2) is 53.5 Å². The lowest BCUT2D eigenvalue weighted by Gasteiger charge is -2.60.